The molecule has 0 spiro atoms. The van der Waals surface area contributed by atoms with Crippen LogP contribution in [0.5, 0.6) is 0 Å². The predicted molar refractivity (Wildman–Crippen MR) is 68.2 cm³/mol. The van der Waals surface area contributed by atoms with Crippen molar-refractivity contribution in [3.8, 4) is 0 Å². The third kappa shape index (κ3) is 3.73. The molecule has 2 heterocycles. The molecule has 0 aromatic carbocycles. The Morgan fingerprint density at radius 1 is 1.50 bits per heavy atom. The van der Waals surface area contributed by atoms with Crippen LogP contribution in [0.3, 0.4) is 0 Å². The molecule has 0 fully saturated rings. The fraction of sp³-hybridized carbons (Fsp3) is 0.333. The number of ether oxygens (including phenoxy) is 1. The van der Waals surface area contributed by atoms with E-state index in [0.717, 1.165) is 13.7 Å². The summed E-state index contributed by atoms with van der Waals surface area (Å²) >= 11 is 4.23. The van der Waals surface area contributed by atoms with Crippen molar-refractivity contribution in [3.63, 3.8) is 0 Å². The van der Waals surface area contributed by atoms with Crippen molar-refractivity contribution in [3.05, 3.63) is 16.1 Å². The van der Waals surface area contributed by atoms with E-state index in [1.54, 1.807) is 12.5 Å². The van der Waals surface area contributed by atoms with Crippen molar-refractivity contribution >= 4 is 40.4 Å². The van der Waals surface area contributed by atoms with Crippen LogP contribution in [0.25, 0.3) is 0 Å². The first-order valence-electron chi connectivity index (χ1n) is 4.82. The average Bonchev–Trinajstić information content (AvgIpc) is 2.89. The molecule has 18 heavy (non-hydrogen) atoms. The van der Waals surface area contributed by atoms with Gasteiger partial charge in [-0.3, -0.25) is 4.79 Å². The van der Waals surface area contributed by atoms with E-state index in [1.807, 2.05) is 0 Å². The highest BCUT2D eigenvalue weighted by Gasteiger charge is 2.10. The molecule has 0 aliphatic rings. The monoisotopic (exact) mass is 303 g/mol. The fourth-order valence-electron chi connectivity index (χ4n) is 1.11. The van der Waals surface area contributed by atoms with Gasteiger partial charge in [0.15, 0.2) is 8.68 Å². The largest absolute Gasteiger partial charge is 0.481 e. The van der Waals surface area contributed by atoms with Gasteiger partial charge in [-0.1, -0.05) is 11.3 Å². The number of aromatic nitrogens is 3. The van der Waals surface area contributed by atoms with Crippen LogP contribution >= 0.6 is 34.4 Å². The predicted octanol–water partition coefficient (Wildman–Crippen LogP) is 1.92. The highest BCUT2D eigenvalue weighted by atomic mass is 32.2. The summed E-state index contributed by atoms with van der Waals surface area (Å²) in [7, 11) is 1.60. The lowest BCUT2D eigenvalue weighted by Crippen LogP contribution is -1.99. The minimum atomic E-state index is -0.879. The van der Waals surface area contributed by atoms with Gasteiger partial charge in [0.25, 0.3) is 0 Å². The van der Waals surface area contributed by atoms with Gasteiger partial charge in [0.05, 0.1) is 18.7 Å². The van der Waals surface area contributed by atoms with E-state index in [9.17, 15) is 4.79 Å². The Balaban J connectivity index is 1.99. The summed E-state index contributed by atoms with van der Waals surface area (Å²) < 4.78 is 6.51. The van der Waals surface area contributed by atoms with E-state index in [2.05, 4.69) is 15.2 Å². The molecule has 0 aliphatic carbocycles. The number of carboxylic acids is 1. The number of hydrogen-bond donors (Lipinski definition) is 1. The van der Waals surface area contributed by atoms with Crippen molar-refractivity contribution in [2.45, 2.75) is 21.7 Å². The second kappa shape index (κ2) is 6.23. The molecule has 0 aliphatic heterocycles. The average molecular weight is 303 g/mol. The van der Waals surface area contributed by atoms with Gasteiger partial charge < -0.3 is 9.84 Å². The maximum atomic E-state index is 10.5. The van der Waals surface area contributed by atoms with Crippen molar-refractivity contribution in [2.24, 2.45) is 0 Å². The van der Waals surface area contributed by atoms with Crippen LogP contribution in [0, 0.1) is 0 Å². The number of carboxylic acid groups (broad SMARTS) is 1. The molecule has 0 radical (unpaired) electrons. The molecule has 0 atom stereocenters. The highest BCUT2D eigenvalue weighted by Crippen LogP contribution is 2.32. The Bertz CT molecular complexity index is 540. The van der Waals surface area contributed by atoms with Crippen molar-refractivity contribution < 1.29 is 14.6 Å². The molecule has 0 saturated heterocycles. The second-order valence-corrected chi connectivity index (χ2v) is 6.59. The second-order valence-electron chi connectivity index (χ2n) is 3.17. The maximum Gasteiger partial charge on any atom is 0.309 e. The zero-order chi connectivity index (χ0) is 13.0. The number of thiazole rings is 1. The Labute approximate surface area is 115 Å². The molecule has 9 heteroatoms. The van der Waals surface area contributed by atoms with E-state index in [-0.39, 0.29) is 6.42 Å². The summed E-state index contributed by atoms with van der Waals surface area (Å²) in [5.74, 6) is -0.879. The zero-order valence-electron chi connectivity index (χ0n) is 9.32. The summed E-state index contributed by atoms with van der Waals surface area (Å²) in [6, 6.07) is 0. The number of nitrogens with zero attached hydrogens (tertiary/aromatic N) is 3. The van der Waals surface area contributed by atoms with Crippen LogP contribution in [0.2, 0.25) is 0 Å². The molecule has 6 nitrogen and oxygen atoms in total. The summed E-state index contributed by atoms with van der Waals surface area (Å²) in [6.07, 6.45) is -0.0535. The Hall–Kier alpha value is -1.03. The summed E-state index contributed by atoms with van der Waals surface area (Å²) in [6.45, 7) is 0.445. The minimum Gasteiger partial charge on any atom is -0.481 e. The van der Waals surface area contributed by atoms with Crippen molar-refractivity contribution in [2.75, 3.05) is 7.11 Å². The molecule has 96 valence electrons. The number of rotatable bonds is 6. The first-order chi connectivity index (χ1) is 8.67. The van der Waals surface area contributed by atoms with Gasteiger partial charge in [0.1, 0.15) is 5.01 Å². The van der Waals surface area contributed by atoms with Crippen LogP contribution < -0.4 is 0 Å². The van der Waals surface area contributed by atoms with E-state index >= 15 is 0 Å². The molecular formula is C9H9N3O3S3. The van der Waals surface area contributed by atoms with E-state index < -0.39 is 5.97 Å². The lowest BCUT2D eigenvalue weighted by atomic mass is 10.3. The van der Waals surface area contributed by atoms with E-state index in [4.69, 9.17) is 9.84 Å². The molecule has 0 bridgehead atoms. The molecule has 0 amide bonds. The Morgan fingerprint density at radius 2 is 2.33 bits per heavy atom. The van der Waals surface area contributed by atoms with Crippen LogP contribution in [0.15, 0.2) is 14.1 Å². The van der Waals surface area contributed by atoms with Crippen LogP contribution in [-0.2, 0) is 22.6 Å². The first-order valence-corrected chi connectivity index (χ1v) is 7.34. The van der Waals surface area contributed by atoms with Gasteiger partial charge in [0.2, 0.25) is 0 Å². The number of methoxy groups -OCH3 is 1. The summed E-state index contributed by atoms with van der Waals surface area (Å²) in [4.78, 5) is 14.7. The molecular weight excluding hydrogens is 294 g/mol. The third-order valence-electron chi connectivity index (χ3n) is 1.75. The summed E-state index contributed by atoms with van der Waals surface area (Å²) in [5.41, 5.74) is 0.566. The van der Waals surface area contributed by atoms with E-state index in [1.165, 1.54) is 34.4 Å². The maximum absolute atomic E-state index is 10.5. The zero-order valence-corrected chi connectivity index (χ0v) is 11.8. The quantitative estimate of drug-likeness (QED) is 0.872. The van der Waals surface area contributed by atoms with Gasteiger partial charge in [0, 0.05) is 12.5 Å². The Morgan fingerprint density at radius 3 is 3.06 bits per heavy atom. The Kier molecular flexibility index (Phi) is 4.64. The van der Waals surface area contributed by atoms with Crippen molar-refractivity contribution in [1.29, 1.82) is 0 Å². The first kappa shape index (κ1) is 13.4. The molecule has 2 aromatic heterocycles. The van der Waals surface area contributed by atoms with Gasteiger partial charge >= 0.3 is 5.97 Å². The number of hydrogen-bond acceptors (Lipinski definition) is 8. The lowest BCUT2D eigenvalue weighted by molar-refractivity contribution is -0.136. The molecule has 2 aromatic rings. The molecule has 2 rings (SSSR count). The standard InChI is InChI=1S/C9H9N3O3S3/c1-15-3-6-11-12-9(17-6)18-8-10-5(4-16-8)2-7(13)14/h4H,2-3H2,1H3,(H,13,14). The van der Waals surface area contributed by atoms with Gasteiger partial charge in [-0.2, -0.15) is 0 Å². The smallest absolute Gasteiger partial charge is 0.309 e. The van der Waals surface area contributed by atoms with Crippen LogP contribution in [0.4, 0.5) is 0 Å². The highest BCUT2D eigenvalue weighted by molar-refractivity contribution is 8.02. The fourth-order valence-corrected chi connectivity index (χ4v) is 4.01. The SMILES string of the molecule is COCc1nnc(Sc2nc(CC(=O)O)cs2)s1. The normalized spacial score (nSPS) is 10.7. The summed E-state index contributed by atoms with van der Waals surface area (Å²) in [5, 5.41) is 19.2. The molecule has 1 N–H and O–H groups in total. The van der Waals surface area contributed by atoms with E-state index in [0.29, 0.717) is 12.3 Å². The van der Waals surface area contributed by atoms with Gasteiger partial charge in [-0.25, -0.2) is 4.98 Å². The molecule has 0 unspecified atom stereocenters. The topological polar surface area (TPSA) is 85.2 Å². The van der Waals surface area contributed by atoms with Crippen molar-refractivity contribution in [1.82, 2.24) is 15.2 Å². The lowest BCUT2D eigenvalue weighted by Gasteiger charge is -1.90. The van der Waals surface area contributed by atoms with Gasteiger partial charge in [-0.05, 0) is 11.8 Å². The van der Waals surface area contributed by atoms with Crippen LogP contribution in [0.1, 0.15) is 10.7 Å². The number of aliphatic carboxylic acids is 1. The minimum absolute atomic E-state index is 0.0535. The number of carbonyl (C=O) groups is 1. The molecule has 0 saturated carbocycles. The third-order valence-corrected chi connectivity index (χ3v) is 4.69. The van der Waals surface area contributed by atoms with Gasteiger partial charge in [-0.15, -0.1) is 21.5 Å². The van der Waals surface area contributed by atoms with Crippen LogP contribution in [-0.4, -0.2) is 33.4 Å².